The van der Waals surface area contributed by atoms with Crippen molar-refractivity contribution in [2.24, 2.45) is 5.92 Å². The van der Waals surface area contributed by atoms with Crippen molar-refractivity contribution in [3.05, 3.63) is 71.0 Å². The summed E-state index contributed by atoms with van der Waals surface area (Å²) in [5.74, 6) is 0.445. The first-order valence-corrected chi connectivity index (χ1v) is 7.67. The molecule has 0 amide bonds. The van der Waals surface area contributed by atoms with Crippen LogP contribution in [0.2, 0.25) is 0 Å². The third-order valence-corrected chi connectivity index (χ3v) is 3.52. The van der Waals surface area contributed by atoms with Crippen molar-refractivity contribution in [2.75, 3.05) is 6.54 Å². The third-order valence-electron chi connectivity index (χ3n) is 3.52. The van der Waals surface area contributed by atoms with Crippen molar-refractivity contribution in [3.8, 4) is 0 Å². The van der Waals surface area contributed by atoms with Crippen molar-refractivity contribution in [2.45, 2.75) is 33.2 Å². The van der Waals surface area contributed by atoms with Crippen LogP contribution in [-0.4, -0.2) is 6.54 Å². The van der Waals surface area contributed by atoms with Gasteiger partial charge >= 0.3 is 0 Å². The summed E-state index contributed by atoms with van der Waals surface area (Å²) in [6.45, 7) is 7.36. The number of hydrogen-bond acceptors (Lipinski definition) is 1. The maximum absolute atomic E-state index is 13.5. The zero-order chi connectivity index (χ0) is 15.2. The van der Waals surface area contributed by atoms with Gasteiger partial charge in [-0.3, -0.25) is 0 Å². The van der Waals surface area contributed by atoms with Gasteiger partial charge in [-0.15, -0.1) is 0 Å². The van der Waals surface area contributed by atoms with Crippen molar-refractivity contribution < 1.29 is 4.39 Å². The Morgan fingerprint density at radius 1 is 1.00 bits per heavy atom. The van der Waals surface area contributed by atoms with E-state index in [1.54, 1.807) is 12.1 Å². The highest BCUT2D eigenvalue weighted by atomic mass is 19.1. The molecule has 1 atom stereocenters. The maximum atomic E-state index is 13.5. The van der Waals surface area contributed by atoms with Gasteiger partial charge in [-0.05, 0) is 47.7 Å². The molecule has 0 fully saturated rings. The van der Waals surface area contributed by atoms with Gasteiger partial charge in [-0.1, -0.05) is 57.2 Å². The Hall–Kier alpha value is -1.67. The topological polar surface area (TPSA) is 12.0 Å². The molecule has 1 unspecified atom stereocenters. The van der Waals surface area contributed by atoms with Crippen molar-refractivity contribution >= 4 is 0 Å². The second-order valence-electron chi connectivity index (χ2n) is 5.89. The summed E-state index contributed by atoms with van der Waals surface area (Å²) >= 11 is 0. The van der Waals surface area contributed by atoms with E-state index >= 15 is 0 Å². The molecule has 0 bridgehead atoms. The van der Waals surface area contributed by atoms with E-state index in [1.165, 1.54) is 17.2 Å². The summed E-state index contributed by atoms with van der Waals surface area (Å²) < 4.78 is 13.5. The van der Waals surface area contributed by atoms with Gasteiger partial charge in [0.25, 0.3) is 0 Å². The molecular weight excluding hydrogens is 261 g/mol. The molecule has 2 aromatic carbocycles. The van der Waals surface area contributed by atoms with Gasteiger partial charge in [0.2, 0.25) is 0 Å². The molecule has 0 aliphatic rings. The van der Waals surface area contributed by atoms with Gasteiger partial charge in [0.15, 0.2) is 0 Å². The molecule has 0 saturated carbocycles. The van der Waals surface area contributed by atoms with Gasteiger partial charge in [0.05, 0.1) is 6.04 Å². The average Bonchev–Trinajstić information content (AvgIpc) is 2.44. The van der Waals surface area contributed by atoms with E-state index in [2.05, 4.69) is 50.4 Å². The third kappa shape index (κ3) is 4.40. The number of benzene rings is 2. The fourth-order valence-corrected chi connectivity index (χ4v) is 2.69. The van der Waals surface area contributed by atoms with Crippen LogP contribution in [-0.2, 0) is 6.42 Å². The molecule has 1 N–H and O–H groups in total. The van der Waals surface area contributed by atoms with Crippen molar-refractivity contribution in [3.63, 3.8) is 0 Å². The van der Waals surface area contributed by atoms with Gasteiger partial charge in [0.1, 0.15) is 5.82 Å². The Morgan fingerprint density at radius 3 is 2.29 bits per heavy atom. The fourth-order valence-electron chi connectivity index (χ4n) is 2.69. The first-order valence-electron chi connectivity index (χ1n) is 7.67. The van der Waals surface area contributed by atoms with Crippen molar-refractivity contribution in [1.82, 2.24) is 5.32 Å². The first kappa shape index (κ1) is 15.7. The summed E-state index contributed by atoms with van der Waals surface area (Å²) in [7, 11) is 0. The Balaban J connectivity index is 2.34. The number of nitrogens with one attached hydrogen (secondary N) is 1. The van der Waals surface area contributed by atoms with Gasteiger partial charge in [-0.2, -0.15) is 0 Å². The molecule has 1 nitrogen and oxygen atoms in total. The first-order chi connectivity index (χ1) is 10.1. The predicted octanol–water partition coefficient (Wildman–Crippen LogP) is 4.72. The van der Waals surface area contributed by atoms with E-state index in [1.807, 2.05) is 6.07 Å². The molecule has 0 heterocycles. The lowest BCUT2D eigenvalue weighted by molar-refractivity contribution is 0.601. The summed E-state index contributed by atoms with van der Waals surface area (Å²) in [6, 6.07) is 15.5. The van der Waals surface area contributed by atoms with E-state index in [0.29, 0.717) is 5.92 Å². The maximum Gasteiger partial charge on any atom is 0.123 e. The highest BCUT2D eigenvalue weighted by Gasteiger charge is 2.14. The minimum Gasteiger partial charge on any atom is -0.307 e. The molecule has 2 rings (SSSR count). The summed E-state index contributed by atoms with van der Waals surface area (Å²) in [6.07, 6.45) is 1.07. The smallest absolute Gasteiger partial charge is 0.123 e. The Morgan fingerprint density at radius 2 is 1.67 bits per heavy atom. The normalized spacial score (nSPS) is 12.6. The fraction of sp³-hybridized carbons (Fsp3) is 0.368. The molecule has 2 aromatic rings. The molecule has 2 heteroatoms. The van der Waals surface area contributed by atoms with E-state index < -0.39 is 0 Å². The van der Waals surface area contributed by atoms with Gasteiger partial charge in [0, 0.05) is 0 Å². The zero-order valence-corrected chi connectivity index (χ0v) is 13.1. The summed E-state index contributed by atoms with van der Waals surface area (Å²) in [5.41, 5.74) is 3.50. The minimum atomic E-state index is -0.186. The number of halogens is 1. The van der Waals surface area contributed by atoms with Crippen molar-refractivity contribution in [1.29, 1.82) is 0 Å². The van der Waals surface area contributed by atoms with Gasteiger partial charge < -0.3 is 5.32 Å². The predicted molar refractivity (Wildman–Crippen MR) is 86.9 cm³/mol. The largest absolute Gasteiger partial charge is 0.307 e. The van der Waals surface area contributed by atoms with Crippen LogP contribution in [0.5, 0.6) is 0 Å². The lowest BCUT2D eigenvalue weighted by Gasteiger charge is -2.20. The van der Waals surface area contributed by atoms with Gasteiger partial charge in [-0.25, -0.2) is 4.39 Å². The average molecular weight is 285 g/mol. The minimum absolute atomic E-state index is 0.0396. The highest BCUT2D eigenvalue weighted by Crippen LogP contribution is 2.24. The molecule has 21 heavy (non-hydrogen) atoms. The standard InChI is InChI=1S/C19H24FN/c1-4-21-19(17-9-6-10-18(20)13-17)16-8-5-7-15(12-16)11-14(2)3/h5-10,12-14,19,21H,4,11H2,1-3H3. The summed E-state index contributed by atoms with van der Waals surface area (Å²) in [5, 5.41) is 3.46. The Kier molecular flexibility index (Phi) is 5.51. The molecule has 0 aliphatic heterocycles. The second kappa shape index (κ2) is 7.37. The van der Waals surface area contributed by atoms with E-state index in [-0.39, 0.29) is 11.9 Å². The lowest BCUT2D eigenvalue weighted by Crippen LogP contribution is -2.22. The van der Waals surface area contributed by atoms with Crippen LogP contribution in [0.15, 0.2) is 48.5 Å². The van der Waals surface area contributed by atoms with E-state index in [9.17, 15) is 4.39 Å². The molecule has 112 valence electrons. The number of rotatable bonds is 6. The zero-order valence-electron chi connectivity index (χ0n) is 13.1. The van der Waals surface area contributed by atoms with E-state index in [0.717, 1.165) is 18.5 Å². The van der Waals surface area contributed by atoms with Crippen LogP contribution in [0.1, 0.15) is 43.5 Å². The van der Waals surface area contributed by atoms with Crippen LogP contribution in [0, 0.1) is 11.7 Å². The lowest BCUT2D eigenvalue weighted by atomic mass is 9.94. The second-order valence-corrected chi connectivity index (χ2v) is 5.89. The van der Waals surface area contributed by atoms with E-state index in [4.69, 9.17) is 0 Å². The van der Waals surface area contributed by atoms with Crippen LogP contribution in [0.4, 0.5) is 4.39 Å². The van der Waals surface area contributed by atoms with Crippen LogP contribution >= 0.6 is 0 Å². The Bertz CT molecular complexity index is 577. The van der Waals surface area contributed by atoms with Crippen LogP contribution in [0.25, 0.3) is 0 Å². The highest BCUT2D eigenvalue weighted by molar-refractivity contribution is 5.34. The van der Waals surface area contributed by atoms with Crippen LogP contribution < -0.4 is 5.32 Å². The molecule has 0 saturated heterocycles. The molecule has 0 spiro atoms. The molecule has 0 aromatic heterocycles. The monoisotopic (exact) mass is 285 g/mol. The quantitative estimate of drug-likeness (QED) is 0.809. The molecule has 0 aliphatic carbocycles. The Labute approximate surface area is 127 Å². The SMILES string of the molecule is CCNC(c1cccc(F)c1)c1cccc(CC(C)C)c1. The van der Waals surface area contributed by atoms with Crippen LogP contribution in [0.3, 0.4) is 0 Å². The summed E-state index contributed by atoms with van der Waals surface area (Å²) in [4.78, 5) is 0. The molecular formula is C19H24FN. The molecule has 0 radical (unpaired) electrons. The number of hydrogen-bond donors (Lipinski definition) is 1.